The van der Waals surface area contributed by atoms with Crippen LogP contribution in [-0.4, -0.2) is 38.2 Å². The molecule has 0 aliphatic rings. The average molecular weight is 346 g/mol. The first-order valence-electron chi connectivity index (χ1n) is 6.92. The first-order chi connectivity index (χ1) is 10.6. The lowest BCUT2D eigenvalue weighted by atomic mass is 10.0. The molecule has 0 heterocycles. The lowest BCUT2D eigenvalue weighted by Crippen LogP contribution is -2.33. The third-order valence-corrected chi connectivity index (χ3v) is 3.61. The van der Waals surface area contributed by atoms with Crippen LogP contribution in [0.3, 0.4) is 0 Å². The number of rotatable bonds is 8. The second-order valence-corrected chi connectivity index (χ2v) is 6.85. The van der Waals surface area contributed by atoms with Gasteiger partial charge in [0.15, 0.2) is 0 Å². The summed E-state index contributed by atoms with van der Waals surface area (Å²) in [6, 6.07) is 3.21. The van der Waals surface area contributed by atoms with Gasteiger partial charge < -0.3 is 10.4 Å². The molecule has 1 rings (SSSR count). The Balaban J connectivity index is 2.84. The summed E-state index contributed by atoms with van der Waals surface area (Å²) in [6.07, 6.45) is 1.94. The Morgan fingerprint density at radius 3 is 2.52 bits per heavy atom. The van der Waals surface area contributed by atoms with E-state index in [1.165, 1.54) is 6.07 Å². The fourth-order valence-corrected chi connectivity index (χ4v) is 2.48. The van der Waals surface area contributed by atoms with Crippen molar-refractivity contribution in [2.45, 2.75) is 19.8 Å². The Kier molecular flexibility index (Phi) is 6.49. The lowest BCUT2D eigenvalue weighted by molar-refractivity contribution is -0.141. The van der Waals surface area contributed by atoms with Crippen LogP contribution in [0, 0.1) is 11.7 Å². The summed E-state index contributed by atoms with van der Waals surface area (Å²) in [6.45, 7) is 1.77. The van der Waals surface area contributed by atoms with Crippen molar-refractivity contribution in [3.63, 3.8) is 0 Å². The van der Waals surface area contributed by atoms with Crippen LogP contribution in [0.4, 0.5) is 10.1 Å². The second-order valence-electron chi connectivity index (χ2n) is 5.10. The maximum absolute atomic E-state index is 13.5. The predicted molar refractivity (Wildman–Crippen MR) is 83.2 cm³/mol. The molecular weight excluding hydrogens is 327 g/mol. The van der Waals surface area contributed by atoms with E-state index >= 15 is 0 Å². The van der Waals surface area contributed by atoms with Gasteiger partial charge in [-0.05, 0) is 24.6 Å². The first-order valence-corrected chi connectivity index (χ1v) is 8.81. The van der Waals surface area contributed by atoms with Gasteiger partial charge in [0.2, 0.25) is 10.0 Å². The number of carboxylic acids is 1. The van der Waals surface area contributed by atoms with Crippen molar-refractivity contribution < 1.29 is 27.5 Å². The largest absolute Gasteiger partial charge is 0.481 e. The van der Waals surface area contributed by atoms with Crippen LogP contribution in [0.5, 0.6) is 0 Å². The molecule has 0 saturated carbocycles. The summed E-state index contributed by atoms with van der Waals surface area (Å²) in [5.41, 5.74) is -0.318. The third-order valence-electron chi connectivity index (χ3n) is 3.02. The summed E-state index contributed by atoms with van der Waals surface area (Å²) in [7, 11) is -3.69. The number of carboxylic acid groups (broad SMARTS) is 1. The van der Waals surface area contributed by atoms with Crippen LogP contribution in [-0.2, 0) is 14.8 Å². The number of benzene rings is 1. The zero-order chi connectivity index (χ0) is 17.6. The molecule has 3 N–H and O–H groups in total. The Morgan fingerprint density at radius 2 is 2.00 bits per heavy atom. The molecule has 1 amide bonds. The van der Waals surface area contributed by atoms with E-state index in [1.807, 2.05) is 11.6 Å². The van der Waals surface area contributed by atoms with Crippen LogP contribution in [0.15, 0.2) is 18.2 Å². The number of sulfonamides is 1. The van der Waals surface area contributed by atoms with Crippen LogP contribution in [0.2, 0.25) is 0 Å². The van der Waals surface area contributed by atoms with E-state index in [-0.39, 0.29) is 17.8 Å². The number of hydrogen-bond donors (Lipinski definition) is 3. The Hall–Kier alpha value is -2.16. The van der Waals surface area contributed by atoms with Gasteiger partial charge in [-0.15, -0.1) is 0 Å². The minimum Gasteiger partial charge on any atom is -0.481 e. The molecular formula is C14H19FN2O5S. The number of carbonyl (C=O) groups is 2. The summed E-state index contributed by atoms with van der Waals surface area (Å²) in [5, 5.41) is 11.5. The maximum Gasteiger partial charge on any atom is 0.308 e. The monoisotopic (exact) mass is 346 g/mol. The van der Waals surface area contributed by atoms with E-state index < -0.39 is 33.6 Å². The van der Waals surface area contributed by atoms with E-state index in [0.717, 1.165) is 18.4 Å². The Bertz CT molecular complexity index is 690. The fraction of sp³-hybridized carbons (Fsp3) is 0.429. The molecule has 9 heteroatoms. The molecule has 128 valence electrons. The molecule has 0 radical (unpaired) electrons. The molecule has 0 aliphatic heterocycles. The number of aliphatic carboxylic acids is 1. The van der Waals surface area contributed by atoms with Crippen LogP contribution in [0.25, 0.3) is 0 Å². The molecule has 0 fully saturated rings. The molecule has 0 bridgehead atoms. The highest BCUT2D eigenvalue weighted by atomic mass is 32.2. The molecule has 7 nitrogen and oxygen atoms in total. The number of nitrogens with one attached hydrogen (secondary N) is 2. The quantitative estimate of drug-likeness (QED) is 0.659. The molecule has 0 aliphatic carbocycles. The predicted octanol–water partition coefficient (Wildman–Crippen LogP) is 1.43. The fourth-order valence-electron chi connectivity index (χ4n) is 1.92. The number of halogens is 1. The van der Waals surface area contributed by atoms with Crippen molar-refractivity contribution in [2.75, 3.05) is 17.5 Å². The van der Waals surface area contributed by atoms with E-state index in [4.69, 9.17) is 5.11 Å². The first kappa shape index (κ1) is 18.9. The molecule has 1 atom stereocenters. The van der Waals surface area contributed by atoms with Gasteiger partial charge in [0.1, 0.15) is 5.82 Å². The zero-order valence-electron chi connectivity index (χ0n) is 12.8. The number of amides is 1. The number of carbonyl (C=O) groups excluding carboxylic acids is 1. The molecule has 1 unspecified atom stereocenters. The zero-order valence-corrected chi connectivity index (χ0v) is 13.6. The van der Waals surface area contributed by atoms with Gasteiger partial charge in [-0.1, -0.05) is 13.3 Å². The topological polar surface area (TPSA) is 113 Å². The Labute approximate surface area is 133 Å². The summed E-state index contributed by atoms with van der Waals surface area (Å²) >= 11 is 0. The smallest absolute Gasteiger partial charge is 0.308 e. The van der Waals surface area contributed by atoms with Crippen molar-refractivity contribution in [2.24, 2.45) is 5.92 Å². The average Bonchev–Trinajstić information content (AvgIpc) is 2.43. The standard InChI is InChI=1S/C14H19FN2O5S/c1-3-4-10(14(19)20)8-16-13(18)9-5-6-11(15)12(7-9)17-23(2,21)22/h5-7,10,17H,3-4,8H2,1-2H3,(H,16,18)(H,19,20). The van der Waals surface area contributed by atoms with Gasteiger partial charge in [-0.25, -0.2) is 12.8 Å². The van der Waals surface area contributed by atoms with Gasteiger partial charge in [-0.2, -0.15) is 0 Å². The van der Waals surface area contributed by atoms with Crippen LogP contribution < -0.4 is 10.0 Å². The molecule has 1 aromatic carbocycles. The summed E-state index contributed by atoms with van der Waals surface area (Å²) in [4.78, 5) is 23.0. The summed E-state index contributed by atoms with van der Waals surface area (Å²) < 4.78 is 37.8. The van der Waals surface area contributed by atoms with Crippen molar-refractivity contribution in [1.82, 2.24) is 5.32 Å². The van der Waals surface area contributed by atoms with Crippen molar-refractivity contribution in [3.8, 4) is 0 Å². The Morgan fingerprint density at radius 1 is 1.35 bits per heavy atom. The van der Waals surface area contributed by atoms with Crippen LogP contribution in [0.1, 0.15) is 30.1 Å². The molecule has 0 saturated heterocycles. The molecule has 23 heavy (non-hydrogen) atoms. The normalized spacial score (nSPS) is 12.5. The van der Waals surface area contributed by atoms with E-state index in [9.17, 15) is 22.4 Å². The van der Waals surface area contributed by atoms with Gasteiger partial charge in [0.25, 0.3) is 5.91 Å². The molecule has 0 aromatic heterocycles. The van der Waals surface area contributed by atoms with Gasteiger partial charge >= 0.3 is 5.97 Å². The third kappa shape index (κ3) is 6.23. The highest BCUT2D eigenvalue weighted by Crippen LogP contribution is 2.17. The van der Waals surface area contributed by atoms with Gasteiger partial charge in [-0.3, -0.25) is 14.3 Å². The number of hydrogen-bond acceptors (Lipinski definition) is 4. The SMILES string of the molecule is CCCC(CNC(=O)c1ccc(F)c(NS(C)(=O)=O)c1)C(=O)O. The van der Waals surface area contributed by atoms with Crippen molar-refractivity contribution >= 4 is 27.6 Å². The highest BCUT2D eigenvalue weighted by Gasteiger charge is 2.18. The van der Waals surface area contributed by atoms with Crippen LogP contribution >= 0.6 is 0 Å². The summed E-state index contributed by atoms with van der Waals surface area (Å²) in [5.74, 6) is -3.14. The maximum atomic E-state index is 13.5. The second kappa shape index (κ2) is 7.91. The minimum absolute atomic E-state index is 0.0261. The van der Waals surface area contributed by atoms with E-state index in [2.05, 4.69) is 5.32 Å². The van der Waals surface area contributed by atoms with E-state index in [0.29, 0.717) is 12.8 Å². The minimum atomic E-state index is -3.69. The van der Waals surface area contributed by atoms with Crippen molar-refractivity contribution in [1.29, 1.82) is 0 Å². The highest BCUT2D eigenvalue weighted by molar-refractivity contribution is 7.92. The van der Waals surface area contributed by atoms with Crippen molar-refractivity contribution in [3.05, 3.63) is 29.6 Å². The number of anilines is 1. The van der Waals surface area contributed by atoms with Gasteiger partial charge in [0, 0.05) is 12.1 Å². The van der Waals surface area contributed by atoms with Gasteiger partial charge in [0.05, 0.1) is 17.9 Å². The van der Waals surface area contributed by atoms with E-state index in [1.54, 1.807) is 0 Å². The molecule has 1 aromatic rings. The lowest BCUT2D eigenvalue weighted by Gasteiger charge is -2.13. The molecule has 0 spiro atoms.